The van der Waals surface area contributed by atoms with Crippen LogP contribution in [0.2, 0.25) is 0 Å². The molecule has 0 bridgehead atoms. The van der Waals surface area contributed by atoms with Gasteiger partial charge in [0.05, 0.1) is 23.0 Å². The summed E-state index contributed by atoms with van der Waals surface area (Å²) in [5.74, 6) is -1.61. The van der Waals surface area contributed by atoms with Crippen molar-refractivity contribution < 1.29 is 14.3 Å². The number of fused-ring (bicyclic) bond motifs is 1. The second kappa shape index (κ2) is 4.90. The van der Waals surface area contributed by atoms with Crippen molar-refractivity contribution >= 4 is 28.2 Å². The lowest BCUT2D eigenvalue weighted by Gasteiger charge is -2.09. The highest BCUT2D eigenvalue weighted by Gasteiger charge is 2.09. The third-order valence-electron chi connectivity index (χ3n) is 3.24. The molecule has 3 aromatic rings. The van der Waals surface area contributed by atoms with Crippen LogP contribution >= 0.6 is 0 Å². The lowest BCUT2D eigenvalue weighted by Crippen LogP contribution is -2.00. The highest BCUT2D eigenvalue weighted by Crippen LogP contribution is 2.24. The van der Waals surface area contributed by atoms with E-state index in [0.717, 1.165) is 17.0 Å². The molecule has 6 heteroatoms. The molecule has 2 aromatic carbocycles. The molecule has 0 atom stereocenters. The van der Waals surface area contributed by atoms with Gasteiger partial charge < -0.3 is 10.4 Å². The number of hydrogen-bond acceptors (Lipinski definition) is 3. The molecule has 0 spiro atoms. The van der Waals surface area contributed by atoms with Crippen LogP contribution in [0.4, 0.5) is 15.8 Å². The lowest BCUT2D eigenvalue weighted by molar-refractivity contribution is 0.0697. The van der Waals surface area contributed by atoms with Crippen LogP contribution in [0.25, 0.3) is 10.9 Å². The van der Waals surface area contributed by atoms with Crippen LogP contribution in [-0.2, 0) is 7.05 Å². The second-order valence-corrected chi connectivity index (χ2v) is 4.67. The molecule has 0 aliphatic heterocycles. The van der Waals surface area contributed by atoms with Gasteiger partial charge in [-0.2, -0.15) is 5.10 Å². The van der Waals surface area contributed by atoms with Gasteiger partial charge in [-0.3, -0.25) is 4.68 Å². The number of aromatic carboxylic acids is 1. The summed E-state index contributed by atoms with van der Waals surface area (Å²) < 4.78 is 15.5. The first kappa shape index (κ1) is 13.1. The number of carboxylic acids is 1. The van der Waals surface area contributed by atoms with Crippen molar-refractivity contribution in [3.8, 4) is 0 Å². The van der Waals surface area contributed by atoms with E-state index in [-0.39, 0.29) is 11.3 Å². The molecule has 0 aliphatic carbocycles. The highest BCUT2D eigenvalue weighted by molar-refractivity contribution is 5.89. The number of carboxylic acid groups (broad SMARTS) is 1. The number of nitrogens with zero attached hydrogens (tertiary/aromatic N) is 2. The number of aryl methyl sites for hydroxylation is 1. The fourth-order valence-corrected chi connectivity index (χ4v) is 2.13. The van der Waals surface area contributed by atoms with Gasteiger partial charge in [-0.1, -0.05) is 0 Å². The average molecular weight is 285 g/mol. The van der Waals surface area contributed by atoms with Crippen molar-refractivity contribution in [1.82, 2.24) is 9.78 Å². The summed E-state index contributed by atoms with van der Waals surface area (Å²) in [5.41, 5.74) is 1.71. The maximum Gasteiger partial charge on any atom is 0.335 e. The van der Waals surface area contributed by atoms with E-state index in [1.54, 1.807) is 16.9 Å². The smallest absolute Gasteiger partial charge is 0.335 e. The fraction of sp³-hybridized carbons (Fsp3) is 0.0667. The number of halogens is 1. The lowest BCUT2D eigenvalue weighted by atomic mass is 10.1. The van der Waals surface area contributed by atoms with Crippen LogP contribution in [-0.4, -0.2) is 20.9 Å². The van der Waals surface area contributed by atoms with E-state index in [0.29, 0.717) is 5.69 Å². The zero-order valence-corrected chi connectivity index (χ0v) is 11.2. The van der Waals surface area contributed by atoms with Crippen LogP contribution in [0, 0.1) is 5.82 Å². The number of benzene rings is 2. The molecular formula is C15H12FN3O2. The van der Waals surface area contributed by atoms with E-state index < -0.39 is 11.8 Å². The van der Waals surface area contributed by atoms with Gasteiger partial charge in [0.15, 0.2) is 0 Å². The molecule has 0 aliphatic rings. The first-order valence-corrected chi connectivity index (χ1v) is 6.26. The number of hydrogen-bond donors (Lipinski definition) is 2. The minimum Gasteiger partial charge on any atom is -0.478 e. The minimum atomic E-state index is -1.10. The molecule has 0 saturated heterocycles. The summed E-state index contributed by atoms with van der Waals surface area (Å²) in [6.07, 6.45) is 1.74. The summed E-state index contributed by atoms with van der Waals surface area (Å²) in [6, 6.07) is 9.11. The number of nitrogens with one attached hydrogen (secondary N) is 1. The molecular weight excluding hydrogens is 273 g/mol. The molecule has 0 unspecified atom stereocenters. The molecule has 0 fully saturated rings. The van der Waals surface area contributed by atoms with Gasteiger partial charge in [0.2, 0.25) is 0 Å². The summed E-state index contributed by atoms with van der Waals surface area (Å²) >= 11 is 0. The molecule has 2 N–H and O–H groups in total. The molecule has 0 saturated carbocycles. The van der Waals surface area contributed by atoms with Gasteiger partial charge >= 0.3 is 5.97 Å². The van der Waals surface area contributed by atoms with Gasteiger partial charge in [-0.05, 0) is 36.4 Å². The number of anilines is 2. The normalized spacial score (nSPS) is 10.8. The fourth-order valence-electron chi connectivity index (χ4n) is 2.13. The third kappa shape index (κ3) is 2.43. The molecule has 0 amide bonds. The largest absolute Gasteiger partial charge is 0.478 e. The molecule has 106 valence electrons. The van der Waals surface area contributed by atoms with Crippen molar-refractivity contribution in [3.63, 3.8) is 0 Å². The Bertz CT molecular complexity index is 842. The Kier molecular flexibility index (Phi) is 3.06. The Morgan fingerprint density at radius 3 is 2.86 bits per heavy atom. The van der Waals surface area contributed by atoms with E-state index in [2.05, 4.69) is 10.4 Å². The number of carbonyl (C=O) groups is 1. The number of rotatable bonds is 3. The monoisotopic (exact) mass is 285 g/mol. The zero-order valence-electron chi connectivity index (χ0n) is 11.2. The highest BCUT2D eigenvalue weighted by atomic mass is 19.1. The van der Waals surface area contributed by atoms with Crippen molar-refractivity contribution in [2.45, 2.75) is 0 Å². The standard InChI is InChI=1S/C15H12FN3O2/c1-19-14-7-11(4-2-10(14)8-17-19)18-13-6-9(15(20)21)3-5-12(13)16/h2-8,18H,1H3,(H,20,21). The van der Waals surface area contributed by atoms with Crippen LogP contribution in [0.1, 0.15) is 10.4 Å². The van der Waals surface area contributed by atoms with E-state index in [1.807, 2.05) is 19.2 Å². The van der Waals surface area contributed by atoms with Gasteiger partial charge in [0.1, 0.15) is 5.82 Å². The van der Waals surface area contributed by atoms with Crippen LogP contribution in [0.15, 0.2) is 42.6 Å². The average Bonchev–Trinajstić information content (AvgIpc) is 2.82. The first-order chi connectivity index (χ1) is 10.0. The predicted molar refractivity (Wildman–Crippen MR) is 77.4 cm³/mol. The van der Waals surface area contributed by atoms with Crippen molar-refractivity contribution in [2.75, 3.05) is 5.32 Å². The molecule has 21 heavy (non-hydrogen) atoms. The Labute approximate surface area is 119 Å². The van der Waals surface area contributed by atoms with Gasteiger partial charge in [-0.25, -0.2) is 9.18 Å². The molecule has 0 radical (unpaired) electrons. The maximum atomic E-state index is 13.8. The van der Waals surface area contributed by atoms with E-state index in [9.17, 15) is 9.18 Å². The van der Waals surface area contributed by atoms with Crippen molar-refractivity contribution in [1.29, 1.82) is 0 Å². The van der Waals surface area contributed by atoms with E-state index >= 15 is 0 Å². The summed E-state index contributed by atoms with van der Waals surface area (Å²) in [7, 11) is 1.82. The van der Waals surface area contributed by atoms with Gasteiger partial charge in [0, 0.05) is 18.1 Å². The van der Waals surface area contributed by atoms with Crippen molar-refractivity contribution in [3.05, 3.63) is 54.0 Å². The molecule has 3 rings (SSSR count). The Hall–Kier alpha value is -2.89. The zero-order chi connectivity index (χ0) is 15.0. The van der Waals surface area contributed by atoms with Crippen molar-refractivity contribution in [2.24, 2.45) is 7.05 Å². The van der Waals surface area contributed by atoms with E-state index in [4.69, 9.17) is 5.11 Å². The first-order valence-electron chi connectivity index (χ1n) is 6.26. The van der Waals surface area contributed by atoms with Gasteiger partial charge in [-0.15, -0.1) is 0 Å². The predicted octanol–water partition coefficient (Wildman–Crippen LogP) is 3.15. The summed E-state index contributed by atoms with van der Waals surface area (Å²) in [5, 5.41) is 17.0. The third-order valence-corrected chi connectivity index (χ3v) is 3.24. The van der Waals surface area contributed by atoms with Crippen LogP contribution in [0.5, 0.6) is 0 Å². The Morgan fingerprint density at radius 2 is 2.10 bits per heavy atom. The van der Waals surface area contributed by atoms with E-state index in [1.165, 1.54) is 12.1 Å². The van der Waals surface area contributed by atoms with Gasteiger partial charge in [0.25, 0.3) is 0 Å². The minimum absolute atomic E-state index is 0.0283. The quantitative estimate of drug-likeness (QED) is 0.775. The molecule has 1 heterocycles. The second-order valence-electron chi connectivity index (χ2n) is 4.67. The summed E-state index contributed by atoms with van der Waals surface area (Å²) in [6.45, 7) is 0. The topological polar surface area (TPSA) is 67.2 Å². The Balaban J connectivity index is 1.99. The van der Waals surface area contributed by atoms with Crippen LogP contribution < -0.4 is 5.32 Å². The molecule has 1 aromatic heterocycles. The molecule has 5 nitrogen and oxygen atoms in total. The summed E-state index contributed by atoms with van der Waals surface area (Å²) in [4.78, 5) is 10.9. The Morgan fingerprint density at radius 1 is 1.29 bits per heavy atom. The SMILES string of the molecule is Cn1ncc2ccc(Nc3cc(C(=O)O)ccc3F)cc21. The van der Waals surface area contributed by atoms with Crippen LogP contribution in [0.3, 0.4) is 0 Å². The maximum absolute atomic E-state index is 13.8. The number of aromatic nitrogens is 2.